The highest BCUT2D eigenvalue weighted by Crippen LogP contribution is 2.28. The van der Waals surface area contributed by atoms with Gasteiger partial charge in [0, 0.05) is 32.6 Å². The van der Waals surface area contributed by atoms with Crippen LogP contribution in [0.15, 0.2) is 66.9 Å². The Balaban J connectivity index is 1.42. The summed E-state index contributed by atoms with van der Waals surface area (Å²) in [4.78, 5) is 27.7. The maximum Gasteiger partial charge on any atom is 0.230 e. The average molecular weight is 483 g/mol. The van der Waals surface area contributed by atoms with Crippen LogP contribution in [0.2, 0.25) is 0 Å². The van der Waals surface area contributed by atoms with Crippen molar-refractivity contribution >= 4 is 22.8 Å². The maximum absolute atomic E-state index is 13.5. The Labute approximate surface area is 212 Å². The molecule has 3 heterocycles. The summed E-state index contributed by atoms with van der Waals surface area (Å²) in [6, 6.07) is 20.3. The maximum atomic E-state index is 13.5. The van der Waals surface area contributed by atoms with Gasteiger partial charge in [-0.2, -0.15) is 5.10 Å². The molecule has 5 rings (SSSR count). The molecule has 0 radical (unpaired) electrons. The highest BCUT2D eigenvalue weighted by Gasteiger charge is 2.27. The lowest BCUT2D eigenvalue weighted by Gasteiger charge is -2.26. The number of aromatic nitrogens is 4. The summed E-state index contributed by atoms with van der Waals surface area (Å²) < 4.78 is 1.90. The van der Waals surface area contributed by atoms with Crippen molar-refractivity contribution in [3.63, 3.8) is 0 Å². The zero-order chi connectivity index (χ0) is 24.9. The van der Waals surface area contributed by atoms with Crippen LogP contribution in [0.1, 0.15) is 50.4 Å². The van der Waals surface area contributed by atoms with Gasteiger partial charge in [0.15, 0.2) is 5.65 Å². The minimum absolute atomic E-state index is 0.0937. The van der Waals surface area contributed by atoms with E-state index in [4.69, 9.17) is 9.97 Å². The molecule has 1 aliphatic heterocycles. The molecule has 1 atom stereocenters. The Hall–Kier alpha value is -3.74. The molecule has 0 unspecified atom stereocenters. The van der Waals surface area contributed by atoms with Gasteiger partial charge < -0.3 is 9.80 Å². The number of carbonyl (C=O) groups excluding carboxylic acids is 1. The lowest BCUT2D eigenvalue weighted by atomic mass is 9.95. The summed E-state index contributed by atoms with van der Waals surface area (Å²) in [6.07, 6.45) is 5.37. The lowest BCUT2D eigenvalue weighted by Crippen LogP contribution is -2.38. The number of nitrogens with zero attached hydrogens (tertiary/aromatic N) is 6. The van der Waals surface area contributed by atoms with Gasteiger partial charge in [-0.15, -0.1) is 0 Å². The van der Waals surface area contributed by atoms with Crippen molar-refractivity contribution < 1.29 is 4.79 Å². The molecule has 7 nitrogen and oxygen atoms in total. The van der Waals surface area contributed by atoms with Crippen molar-refractivity contribution in [1.82, 2.24) is 24.6 Å². The van der Waals surface area contributed by atoms with Crippen LogP contribution in [0.5, 0.6) is 0 Å². The SMILES string of the molecule is CCCc1nc(N2CCCN(C(=O)[C@@H](CC)c3ccccc3)CC2)c2cnn(-c3ccccc3)c2n1. The molecule has 0 aliphatic carbocycles. The Morgan fingerprint density at radius 2 is 1.67 bits per heavy atom. The van der Waals surface area contributed by atoms with Crippen LogP contribution in [0.25, 0.3) is 16.7 Å². The van der Waals surface area contributed by atoms with E-state index in [1.165, 1.54) is 0 Å². The smallest absolute Gasteiger partial charge is 0.230 e. The Morgan fingerprint density at radius 1 is 0.917 bits per heavy atom. The van der Waals surface area contributed by atoms with E-state index in [1.807, 2.05) is 64.3 Å². The first-order chi connectivity index (χ1) is 17.7. The zero-order valence-electron chi connectivity index (χ0n) is 21.2. The first-order valence-corrected chi connectivity index (χ1v) is 13.1. The normalized spacial score (nSPS) is 15.2. The third-order valence-electron chi connectivity index (χ3n) is 6.94. The number of fused-ring (bicyclic) bond motifs is 1. The second-order valence-corrected chi connectivity index (χ2v) is 9.38. The van der Waals surface area contributed by atoms with Gasteiger partial charge in [-0.25, -0.2) is 14.6 Å². The van der Waals surface area contributed by atoms with E-state index in [0.29, 0.717) is 6.54 Å². The van der Waals surface area contributed by atoms with Crippen molar-refractivity contribution in [2.24, 2.45) is 0 Å². The Kier molecular flexibility index (Phi) is 7.26. The van der Waals surface area contributed by atoms with Crippen LogP contribution in [-0.2, 0) is 11.2 Å². The molecule has 2 aromatic carbocycles. The van der Waals surface area contributed by atoms with E-state index in [-0.39, 0.29) is 11.8 Å². The van der Waals surface area contributed by atoms with Crippen LogP contribution in [0.4, 0.5) is 5.82 Å². The molecule has 36 heavy (non-hydrogen) atoms. The molecule has 7 heteroatoms. The molecule has 1 aliphatic rings. The minimum atomic E-state index is -0.0937. The van der Waals surface area contributed by atoms with Gasteiger partial charge in [-0.3, -0.25) is 4.79 Å². The summed E-state index contributed by atoms with van der Waals surface area (Å²) >= 11 is 0. The standard InChI is InChI=1S/C29H34N6O/c1-3-12-26-31-27(25-21-30-35(28(25)32-26)23-15-9-6-10-16-23)33-17-11-18-34(20-19-33)29(36)24(4-2)22-13-7-5-8-14-22/h5-10,13-16,21,24H,3-4,11-12,17-20H2,1-2H3/t24-/m0/s1. The number of hydrogen-bond donors (Lipinski definition) is 0. The van der Waals surface area contributed by atoms with Crippen molar-refractivity contribution in [2.45, 2.75) is 45.4 Å². The molecule has 1 saturated heterocycles. The fourth-order valence-electron chi connectivity index (χ4n) is 5.08. The van der Waals surface area contributed by atoms with E-state index >= 15 is 0 Å². The van der Waals surface area contributed by atoms with Crippen LogP contribution in [0.3, 0.4) is 0 Å². The van der Waals surface area contributed by atoms with Crippen LogP contribution >= 0.6 is 0 Å². The first-order valence-electron chi connectivity index (χ1n) is 13.1. The van der Waals surface area contributed by atoms with Gasteiger partial charge >= 0.3 is 0 Å². The predicted octanol–water partition coefficient (Wildman–Crippen LogP) is 5.00. The number of benzene rings is 2. The molecule has 4 aromatic rings. The fraction of sp³-hybridized carbons (Fsp3) is 0.379. The molecule has 2 aromatic heterocycles. The Morgan fingerprint density at radius 3 is 2.39 bits per heavy atom. The van der Waals surface area contributed by atoms with Crippen molar-refractivity contribution in [3.05, 3.63) is 78.2 Å². The largest absolute Gasteiger partial charge is 0.354 e. The summed E-state index contributed by atoms with van der Waals surface area (Å²) in [5.41, 5.74) is 2.92. The summed E-state index contributed by atoms with van der Waals surface area (Å²) in [6.45, 7) is 7.28. The van der Waals surface area contributed by atoms with Crippen molar-refractivity contribution in [1.29, 1.82) is 0 Å². The predicted molar refractivity (Wildman–Crippen MR) is 144 cm³/mol. The molecule has 0 N–H and O–H groups in total. The molecule has 0 bridgehead atoms. The van der Waals surface area contributed by atoms with E-state index in [1.54, 1.807) is 0 Å². The second kappa shape index (κ2) is 10.9. The molecule has 186 valence electrons. The van der Waals surface area contributed by atoms with E-state index < -0.39 is 0 Å². The van der Waals surface area contributed by atoms with Gasteiger partial charge in [-0.05, 0) is 37.0 Å². The monoisotopic (exact) mass is 482 g/mol. The topological polar surface area (TPSA) is 67.2 Å². The van der Waals surface area contributed by atoms with Gasteiger partial charge in [-0.1, -0.05) is 62.4 Å². The van der Waals surface area contributed by atoms with Gasteiger partial charge in [0.1, 0.15) is 11.6 Å². The third kappa shape index (κ3) is 4.83. The molecular weight excluding hydrogens is 448 g/mol. The van der Waals surface area contributed by atoms with Crippen molar-refractivity contribution in [2.75, 3.05) is 31.1 Å². The van der Waals surface area contributed by atoms with E-state index in [0.717, 1.165) is 79.2 Å². The molecule has 1 fully saturated rings. The number of carbonyl (C=O) groups is 1. The van der Waals surface area contributed by atoms with Crippen LogP contribution in [0, 0.1) is 0 Å². The molecule has 1 amide bonds. The molecule has 0 saturated carbocycles. The molecular formula is C29H34N6O. The highest BCUT2D eigenvalue weighted by atomic mass is 16.2. The summed E-state index contributed by atoms with van der Waals surface area (Å²) in [7, 11) is 0. The Bertz CT molecular complexity index is 1300. The summed E-state index contributed by atoms with van der Waals surface area (Å²) in [5.74, 6) is 1.89. The zero-order valence-corrected chi connectivity index (χ0v) is 21.2. The van der Waals surface area contributed by atoms with Gasteiger partial charge in [0.05, 0.1) is 23.2 Å². The minimum Gasteiger partial charge on any atom is -0.354 e. The number of aryl methyl sites for hydroxylation is 1. The van der Waals surface area contributed by atoms with E-state index in [2.05, 4.69) is 36.0 Å². The number of para-hydroxylation sites is 1. The van der Waals surface area contributed by atoms with Crippen LogP contribution < -0.4 is 4.90 Å². The quantitative estimate of drug-likeness (QED) is 0.371. The lowest BCUT2D eigenvalue weighted by molar-refractivity contribution is -0.132. The van der Waals surface area contributed by atoms with Crippen LogP contribution in [-0.4, -0.2) is 56.7 Å². The number of hydrogen-bond acceptors (Lipinski definition) is 5. The van der Waals surface area contributed by atoms with Gasteiger partial charge in [0.2, 0.25) is 5.91 Å². The highest BCUT2D eigenvalue weighted by molar-refractivity contribution is 5.88. The number of amides is 1. The molecule has 0 spiro atoms. The second-order valence-electron chi connectivity index (χ2n) is 9.38. The van der Waals surface area contributed by atoms with Crippen molar-refractivity contribution in [3.8, 4) is 5.69 Å². The number of anilines is 1. The average Bonchev–Trinajstić information content (AvgIpc) is 3.18. The van der Waals surface area contributed by atoms with Gasteiger partial charge in [0.25, 0.3) is 0 Å². The summed E-state index contributed by atoms with van der Waals surface area (Å²) in [5, 5.41) is 5.63. The fourth-order valence-corrected chi connectivity index (χ4v) is 5.08. The third-order valence-corrected chi connectivity index (χ3v) is 6.94. The number of rotatable bonds is 7. The first kappa shape index (κ1) is 24.0. The van der Waals surface area contributed by atoms with E-state index in [9.17, 15) is 4.79 Å².